The Kier molecular flexibility index (Phi) is 5.30. The number of hydrogen-bond acceptors (Lipinski definition) is 5. The number of carbonyl (C=O) groups excluding carboxylic acids is 1. The van der Waals surface area contributed by atoms with Crippen molar-refractivity contribution in [1.29, 1.82) is 0 Å². The van der Waals surface area contributed by atoms with Gasteiger partial charge in [0.2, 0.25) is 0 Å². The van der Waals surface area contributed by atoms with Gasteiger partial charge in [-0.15, -0.1) is 11.3 Å². The number of aromatic nitrogens is 1. The molecular weight excluding hydrogens is 286 g/mol. The summed E-state index contributed by atoms with van der Waals surface area (Å²) in [4.78, 5) is 16.8. The highest BCUT2D eigenvalue weighted by molar-refractivity contribution is 7.13. The third kappa shape index (κ3) is 3.80. The highest BCUT2D eigenvalue weighted by Crippen LogP contribution is 2.23. The third-order valence-corrected chi connectivity index (χ3v) is 4.08. The maximum Gasteiger partial charge on any atom is 0.277 e. The predicted molar refractivity (Wildman–Crippen MR) is 83.3 cm³/mol. The molecule has 0 unspecified atom stereocenters. The largest absolute Gasteiger partial charge is 0.486 e. The molecule has 21 heavy (non-hydrogen) atoms. The van der Waals surface area contributed by atoms with Crippen LogP contribution in [0.25, 0.3) is 0 Å². The number of nitrogen functional groups attached to an aromatic ring is 1. The molecule has 0 saturated carbocycles. The predicted octanol–water partition coefficient (Wildman–Crippen LogP) is 2.59. The van der Waals surface area contributed by atoms with Gasteiger partial charge < -0.3 is 4.74 Å². The molecule has 0 aliphatic carbocycles. The van der Waals surface area contributed by atoms with Gasteiger partial charge in [-0.2, -0.15) is 0 Å². The molecule has 0 aliphatic heterocycles. The van der Waals surface area contributed by atoms with Crippen molar-refractivity contribution >= 4 is 17.2 Å². The van der Waals surface area contributed by atoms with E-state index in [-0.39, 0.29) is 5.91 Å². The van der Waals surface area contributed by atoms with E-state index in [1.165, 1.54) is 11.3 Å². The zero-order chi connectivity index (χ0) is 15.2. The molecule has 6 heteroatoms. The van der Waals surface area contributed by atoms with Crippen molar-refractivity contribution in [2.24, 2.45) is 5.84 Å². The van der Waals surface area contributed by atoms with E-state index in [2.05, 4.69) is 10.4 Å². The molecule has 3 N–H and O–H groups in total. The molecule has 0 saturated heterocycles. The average Bonchev–Trinajstić information content (AvgIpc) is 2.89. The van der Waals surface area contributed by atoms with Crippen LogP contribution in [0.2, 0.25) is 0 Å². The Hall–Kier alpha value is -1.92. The smallest absolute Gasteiger partial charge is 0.277 e. The molecule has 0 bridgehead atoms. The topological polar surface area (TPSA) is 77.2 Å². The lowest BCUT2D eigenvalue weighted by Crippen LogP contribution is -2.30. The van der Waals surface area contributed by atoms with Crippen LogP contribution in [-0.2, 0) is 13.0 Å². The van der Waals surface area contributed by atoms with Gasteiger partial charge in [0.15, 0.2) is 0 Å². The Morgan fingerprint density at radius 1 is 1.43 bits per heavy atom. The Labute approximate surface area is 128 Å². The first-order valence-electron chi connectivity index (χ1n) is 6.83. The number of aryl methyl sites for hydroxylation is 2. The lowest BCUT2D eigenvalue weighted by Gasteiger charge is -2.06. The van der Waals surface area contributed by atoms with Crippen LogP contribution in [0.15, 0.2) is 24.3 Å². The number of rotatable bonds is 6. The molecule has 0 aliphatic rings. The molecule has 1 aromatic carbocycles. The summed E-state index contributed by atoms with van der Waals surface area (Å²) >= 11 is 1.33. The number of hydrazine groups is 1. The first kappa shape index (κ1) is 15.5. The zero-order valence-corrected chi connectivity index (χ0v) is 13.0. The Morgan fingerprint density at radius 2 is 2.19 bits per heavy atom. The van der Waals surface area contributed by atoms with Gasteiger partial charge in [-0.05, 0) is 25.0 Å². The summed E-state index contributed by atoms with van der Waals surface area (Å²) in [6.07, 6.45) is 1.68. The van der Waals surface area contributed by atoms with Gasteiger partial charge in [0.1, 0.15) is 22.2 Å². The third-order valence-electron chi connectivity index (χ3n) is 3.01. The van der Waals surface area contributed by atoms with E-state index in [0.717, 1.165) is 34.9 Å². The van der Waals surface area contributed by atoms with Gasteiger partial charge in [0.05, 0.1) is 5.69 Å². The number of ether oxygens (including phenoxy) is 1. The summed E-state index contributed by atoms with van der Waals surface area (Å²) in [5.74, 6) is 5.75. The number of nitrogens with zero attached hydrogens (tertiary/aromatic N) is 1. The van der Waals surface area contributed by atoms with E-state index in [1.54, 1.807) is 0 Å². The molecule has 5 nitrogen and oxygen atoms in total. The number of nitrogens with two attached hydrogens (primary N) is 1. The van der Waals surface area contributed by atoms with Gasteiger partial charge >= 0.3 is 0 Å². The summed E-state index contributed by atoms with van der Waals surface area (Å²) in [5.41, 5.74) is 4.02. The minimum atomic E-state index is -0.293. The maximum atomic E-state index is 11.7. The molecule has 0 spiro atoms. The molecule has 1 aromatic heterocycles. The van der Waals surface area contributed by atoms with Crippen molar-refractivity contribution < 1.29 is 9.53 Å². The van der Waals surface area contributed by atoms with Gasteiger partial charge in [0, 0.05) is 0 Å². The van der Waals surface area contributed by atoms with Crippen LogP contribution in [-0.4, -0.2) is 10.9 Å². The quantitative estimate of drug-likeness (QED) is 0.488. The van der Waals surface area contributed by atoms with Crippen LogP contribution in [0.4, 0.5) is 0 Å². The molecule has 2 aromatic rings. The van der Waals surface area contributed by atoms with Crippen molar-refractivity contribution in [1.82, 2.24) is 10.4 Å². The van der Waals surface area contributed by atoms with Crippen LogP contribution >= 0.6 is 11.3 Å². The summed E-state index contributed by atoms with van der Waals surface area (Å²) in [6, 6.07) is 7.81. The lowest BCUT2D eigenvalue weighted by molar-refractivity contribution is 0.0956. The van der Waals surface area contributed by atoms with Crippen molar-refractivity contribution in [2.45, 2.75) is 33.3 Å². The number of hydrogen-bond donors (Lipinski definition) is 2. The van der Waals surface area contributed by atoms with Gasteiger partial charge in [0.25, 0.3) is 5.91 Å². The fourth-order valence-corrected chi connectivity index (χ4v) is 2.90. The number of nitrogens with one attached hydrogen (secondary N) is 1. The minimum absolute atomic E-state index is 0.293. The van der Waals surface area contributed by atoms with E-state index in [4.69, 9.17) is 10.6 Å². The van der Waals surface area contributed by atoms with Crippen molar-refractivity contribution in [3.63, 3.8) is 0 Å². The number of para-hydroxylation sites is 1. The molecule has 1 heterocycles. The molecule has 2 rings (SSSR count). The SMILES string of the molecule is CCCc1nc(COc2ccccc2C)sc1C(=O)NN. The number of amides is 1. The van der Waals surface area contributed by atoms with Gasteiger partial charge in [-0.1, -0.05) is 31.5 Å². The van der Waals surface area contributed by atoms with Crippen LogP contribution in [0.5, 0.6) is 5.75 Å². The van der Waals surface area contributed by atoms with E-state index >= 15 is 0 Å². The lowest BCUT2D eigenvalue weighted by atomic mass is 10.2. The van der Waals surface area contributed by atoms with E-state index in [0.29, 0.717) is 11.5 Å². The van der Waals surface area contributed by atoms with Crippen molar-refractivity contribution in [3.8, 4) is 5.75 Å². The monoisotopic (exact) mass is 305 g/mol. The van der Waals surface area contributed by atoms with Gasteiger partial charge in [-0.3, -0.25) is 10.2 Å². The fraction of sp³-hybridized carbons (Fsp3) is 0.333. The molecule has 112 valence electrons. The van der Waals surface area contributed by atoms with E-state index in [9.17, 15) is 4.79 Å². The van der Waals surface area contributed by atoms with Crippen LogP contribution in [0, 0.1) is 6.92 Å². The van der Waals surface area contributed by atoms with E-state index in [1.807, 2.05) is 38.1 Å². The Bertz CT molecular complexity index is 625. The molecule has 0 atom stereocenters. The molecular formula is C15H19N3O2S. The van der Waals surface area contributed by atoms with Crippen LogP contribution in [0.3, 0.4) is 0 Å². The highest BCUT2D eigenvalue weighted by atomic mass is 32.1. The normalized spacial score (nSPS) is 10.4. The van der Waals surface area contributed by atoms with Gasteiger partial charge in [-0.25, -0.2) is 10.8 Å². The molecule has 0 radical (unpaired) electrons. The zero-order valence-electron chi connectivity index (χ0n) is 12.2. The summed E-state index contributed by atoms with van der Waals surface area (Å²) < 4.78 is 5.77. The average molecular weight is 305 g/mol. The fourth-order valence-electron chi connectivity index (χ4n) is 1.97. The maximum absolute atomic E-state index is 11.7. The van der Waals surface area contributed by atoms with Crippen LogP contribution in [0.1, 0.15) is 39.3 Å². The number of thiazole rings is 1. The van der Waals surface area contributed by atoms with Crippen molar-refractivity contribution in [3.05, 3.63) is 45.4 Å². The molecule has 1 amide bonds. The standard InChI is InChI=1S/C15H19N3O2S/c1-3-6-11-14(15(19)18-16)21-13(17-11)9-20-12-8-5-4-7-10(12)2/h4-5,7-8H,3,6,9,16H2,1-2H3,(H,18,19). The second-order valence-electron chi connectivity index (χ2n) is 4.66. The highest BCUT2D eigenvalue weighted by Gasteiger charge is 2.17. The van der Waals surface area contributed by atoms with E-state index < -0.39 is 0 Å². The number of benzene rings is 1. The molecule has 0 fully saturated rings. The first-order chi connectivity index (χ1) is 10.2. The first-order valence-corrected chi connectivity index (χ1v) is 7.65. The Balaban J connectivity index is 2.13. The summed E-state index contributed by atoms with van der Waals surface area (Å²) in [5, 5.41) is 0.778. The number of carbonyl (C=O) groups is 1. The summed E-state index contributed by atoms with van der Waals surface area (Å²) in [7, 11) is 0. The second-order valence-corrected chi connectivity index (χ2v) is 5.74. The summed E-state index contributed by atoms with van der Waals surface area (Å²) in [6.45, 7) is 4.39. The van der Waals surface area contributed by atoms with Crippen LogP contribution < -0.4 is 16.0 Å². The minimum Gasteiger partial charge on any atom is -0.486 e. The Morgan fingerprint density at radius 3 is 2.86 bits per heavy atom. The van der Waals surface area contributed by atoms with Crippen molar-refractivity contribution in [2.75, 3.05) is 0 Å². The second kappa shape index (κ2) is 7.19.